The predicted octanol–water partition coefficient (Wildman–Crippen LogP) is 15.5. The lowest BCUT2D eigenvalue weighted by Crippen LogP contribution is -2.60. The summed E-state index contributed by atoms with van der Waals surface area (Å²) in [6, 6.07) is -1.18. The third-order valence-electron chi connectivity index (χ3n) is 16.6. The zero-order chi connectivity index (χ0) is 56.1. The van der Waals surface area contributed by atoms with E-state index in [1.54, 1.807) is 0 Å². The van der Waals surface area contributed by atoms with Crippen molar-refractivity contribution in [2.75, 3.05) is 13.2 Å². The molecule has 0 bridgehead atoms. The average molecular weight is 1100 g/mol. The molecule has 1 aliphatic heterocycles. The van der Waals surface area contributed by atoms with Crippen LogP contribution in [0.25, 0.3) is 0 Å². The molecule has 0 aliphatic carbocycles. The molecule has 1 rings (SSSR count). The molecule has 1 aliphatic rings. The summed E-state index contributed by atoms with van der Waals surface area (Å²) in [5.74, 6) is -0.699. The molecule has 0 aromatic rings. The second-order valence-corrected chi connectivity index (χ2v) is 23.9. The summed E-state index contributed by atoms with van der Waals surface area (Å²) in [4.78, 5) is 13.2. The summed E-state index contributed by atoms with van der Waals surface area (Å²) < 4.78 is 11.2. The van der Waals surface area contributed by atoms with Crippen LogP contribution in [0.3, 0.4) is 0 Å². The fraction of sp³-hybridized carbons (Fsp3) is 0.955. The number of carbonyl (C=O) groups is 1. The SMILES string of the molecule is CCCCCCCCCCCCCCC/C=C/CCCC(O)C(O)C(COC1OC(CO)C(O)C(O)C1O)NC(=O)C(O)CCCCCCCCCCCCCCCCCCCCCCCCCCCCCCCCCC. The van der Waals surface area contributed by atoms with Gasteiger partial charge in [0.1, 0.15) is 36.6 Å². The molecule has 8 N–H and O–H groups in total. The zero-order valence-corrected chi connectivity index (χ0v) is 50.5. The van der Waals surface area contributed by atoms with Gasteiger partial charge in [0.25, 0.3) is 0 Å². The normalized spacial score (nSPS) is 19.5. The molecule has 9 unspecified atom stereocenters. The topological polar surface area (TPSA) is 189 Å². The summed E-state index contributed by atoms with van der Waals surface area (Å²) in [7, 11) is 0. The van der Waals surface area contributed by atoms with Gasteiger partial charge in [-0.1, -0.05) is 309 Å². The van der Waals surface area contributed by atoms with Gasteiger partial charge in [-0.25, -0.2) is 0 Å². The van der Waals surface area contributed by atoms with E-state index in [1.165, 1.54) is 257 Å². The third-order valence-corrected chi connectivity index (χ3v) is 16.6. The fourth-order valence-electron chi connectivity index (χ4n) is 11.2. The number of hydrogen-bond acceptors (Lipinski definition) is 10. The lowest BCUT2D eigenvalue weighted by Gasteiger charge is -2.40. The first kappa shape index (κ1) is 73.9. The molecule has 458 valence electrons. The number of nitrogens with one attached hydrogen (secondary N) is 1. The highest BCUT2D eigenvalue weighted by atomic mass is 16.7. The fourth-order valence-corrected chi connectivity index (χ4v) is 11.2. The van der Waals surface area contributed by atoms with E-state index in [0.29, 0.717) is 12.8 Å². The molecule has 0 aromatic heterocycles. The maximum atomic E-state index is 13.2. The first-order chi connectivity index (χ1) is 37.7. The Morgan fingerprint density at radius 2 is 0.766 bits per heavy atom. The monoisotopic (exact) mass is 1100 g/mol. The van der Waals surface area contributed by atoms with Gasteiger partial charge < -0.3 is 50.5 Å². The van der Waals surface area contributed by atoms with E-state index in [2.05, 4.69) is 31.3 Å². The van der Waals surface area contributed by atoms with Gasteiger partial charge in [-0.3, -0.25) is 4.79 Å². The Kier molecular flexibility index (Phi) is 53.1. The minimum atomic E-state index is -1.67. The van der Waals surface area contributed by atoms with Crippen LogP contribution in [0.2, 0.25) is 0 Å². The van der Waals surface area contributed by atoms with Crippen LogP contribution < -0.4 is 5.32 Å². The molecule has 77 heavy (non-hydrogen) atoms. The minimum Gasteiger partial charge on any atom is -0.394 e. The lowest BCUT2D eigenvalue weighted by atomic mass is 9.98. The second-order valence-electron chi connectivity index (χ2n) is 23.9. The smallest absolute Gasteiger partial charge is 0.249 e. The van der Waals surface area contributed by atoms with Crippen molar-refractivity contribution in [3.8, 4) is 0 Å². The van der Waals surface area contributed by atoms with Crippen molar-refractivity contribution in [1.29, 1.82) is 0 Å². The Bertz CT molecular complexity index is 1260. The van der Waals surface area contributed by atoms with E-state index in [0.717, 1.165) is 38.5 Å². The Morgan fingerprint density at radius 1 is 0.442 bits per heavy atom. The predicted molar refractivity (Wildman–Crippen MR) is 321 cm³/mol. The molecule has 1 amide bonds. The van der Waals surface area contributed by atoms with Gasteiger partial charge in [0, 0.05) is 0 Å². The highest BCUT2D eigenvalue weighted by Gasteiger charge is 2.44. The van der Waals surface area contributed by atoms with Crippen LogP contribution in [0.4, 0.5) is 0 Å². The summed E-state index contributed by atoms with van der Waals surface area (Å²) in [6.07, 6.45) is 55.9. The Labute approximate surface area is 474 Å². The van der Waals surface area contributed by atoms with Crippen LogP contribution in [0.1, 0.15) is 335 Å². The van der Waals surface area contributed by atoms with E-state index in [9.17, 15) is 40.5 Å². The van der Waals surface area contributed by atoms with Gasteiger partial charge in [-0.2, -0.15) is 0 Å². The molecule has 1 saturated heterocycles. The van der Waals surface area contributed by atoms with E-state index in [-0.39, 0.29) is 12.8 Å². The summed E-state index contributed by atoms with van der Waals surface area (Å²) in [6.45, 7) is 3.49. The van der Waals surface area contributed by atoms with E-state index < -0.39 is 74.2 Å². The number of aliphatic hydroxyl groups is 7. The van der Waals surface area contributed by atoms with Crippen molar-refractivity contribution in [3.63, 3.8) is 0 Å². The minimum absolute atomic E-state index is 0.260. The van der Waals surface area contributed by atoms with Crippen LogP contribution in [-0.4, -0.2) is 110 Å². The number of aliphatic hydroxyl groups excluding tert-OH is 7. The molecule has 1 heterocycles. The number of ether oxygens (including phenoxy) is 2. The van der Waals surface area contributed by atoms with Crippen LogP contribution in [-0.2, 0) is 14.3 Å². The molecule has 11 heteroatoms. The summed E-state index contributed by atoms with van der Waals surface area (Å²) in [5.41, 5.74) is 0. The third kappa shape index (κ3) is 43.2. The van der Waals surface area contributed by atoms with E-state index >= 15 is 0 Å². The number of carbonyl (C=O) groups excluding carboxylic acids is 1. The first-order valence-electron chi connectivity index (χ1n) is 33.6. The van der Waals surface area contributed by atoms with Crippen molar-refractivity contribution < 1.29 is 50.0 Å². The second kappa shape index (κ2) is 55.4. The standard InChI is InChI=1S/C66H129NO10/c1-3-5-7-9-11-13-15-17-19-21-23-24-25-26-27-28-29-30-31-32-33-34-35-36-38-40-42-44-46-48-50-52-54-59(70)65(75)67-57(56-76-66-64(74)63(73)62(72)60(55-68)77-66)61(71)58(69)53-51-49-47-45-43-41-39-37-22-20-18-16-14-12-10-8-6-4-2/h45,47,57-64,66,68-74H,3-44,46,48-56H2,1-2H3,(H,67,75)/b47-45+. The molecule has 0 spiro atoms. The van der Waals surface area contributed by atoms with Gasteiger partial charge in [-0.05, 0) is 38.5 Å². The Balaban J connectivity index is 2.18. The van der Waals surface area contributed by atoms with Gasteiger partial charge in [0.2, 0.25) is 5.91 Å². The van der Waals surface area contributed by atoms with Gasteiger partial charge >= 0.3 is 0 Å². The van der Waals surface area contributed by atoms with Gasteiger partial charge in [0.05, 0.1) is 25.4 Å². The molecule has 0 radical (unpaired) electrons. The zero-order valence-electron chi connectivity index (χ0n) is 50.5. The van der Waals surface area contributed by atoms with Gasteiger partial charge in [0.15, 0.2) is 6.29 Å². The Hall–Kier alpha value is -1.15. The maximum absolute atomic E-state index is 13.2. The molecule has 1 fully saturated rings. The van der Waals surface area contributed by atoms with Crippen LogP contribution in [0, 0.1) is 0 Å². The summed E-state index contributed by atoms with van der Waals surface area (Å²) in [5, 5.41) is 76.3. The number of rotatable bonds is 59. The van der Waals surface area contributed by atoms with Crippen LogP contribution in [0.15, 0.2) is 12.2 Å². The van der Waals surface area contributed by atoms with E-state index in [1.807, 2.05) is 0 Å². The molecule has 11 nitrogen and oxygen atoms in total. The number of unbranched alkanes of at least 4 members (excludes halogenated alkanes) is 45. The molecular weight excluding hydrogens is 967 g/mol. The van der Waals surface area contributed by atoms with Crippen molar-refractivity contribution in [3.05, 3.63) is 12.2 Å². The molecular formula is C66H129NO10. The van der Waals surface area contributed by atoms with Crippen molar-refractivity contribution in [2.45, 2.75) is 390 Å². The molecule has 9 atom stereocenters. The number of allylic oxidation sites excluding steroid dienone is 2. The number of hydrogen-bond donors (Lipinski definition) is 8. The Morgan fingerprint density at radius 3 is 1.12 bits per heavy atom. The van der Waals surface area contributed by atoms with Crippen LogP contribution >= 0.6 is 0 Å². The molecule has 0 aromatic carbocycles. The lowest BCUT2D eigenvalue weighted by molar-refractivity contribution is -0.303. The highest BCUT2D eigenvalue weighted by Crippen LogP contribution is 2.24. The van der Waals surface area contributed by atoms with Crippen LogP contribution in [0.5, 0.6) is 0 Å². The molecule has 0 saturated carbocycles. The first-order valence-corrected chi connectivity index (χ1v) is 33.6. The average Bonchev–Trinajstić information content (AvgIpc) is 3.43. The van der Waals surface area contributed by atoms with Gasteiger partial charge in [-0.15, -0.1) is 0 Å². The maximum Gasteiger partial charge on any atom is 0.249 e. The number of amides is 1. The quantitative estimate of drug-likeness (QED) is 0.0215. The largest absolute Gasteiger partial charge is 0.394 e. The van der Waals surface area contributed by atoms with Crippen molar-refractivity contribution in [2.24, 2.45) is 0 Å². The van der Waals surface area contributed by atoms with Crippen molar-refractivity contribution in [1.82, 2.24) is 5.32 Å². The summed E-state index contributed by atoms with van der Waals surface area (Å²) >= 11 is 0. The van der Waals surface area contributed by atoms with E-state index in [4.69, 9.17) is 9.47 Å². The highest BCUT2D eigenvalue weighted by molar-refractivity contribution is 5.80. The van der Waals surface area contributed by atoms with Crippen molar-refractivity contribution >= 4 is 5.91 Å².